The topological polar surface area (TPSA) is 39.7 Å². The van der Waals surface area contributed by atoms with E-state index < -0.39 is 0 Å². The number of aromatic nitrogens is 1. The molecule has 0 N–H and O–H groups in total. The van der Waals surface area contributed by atoms with E-state index in [0.717, 1.165) is 24.5 Å². The maximum absolute atomic E-state index is 13.2. The Bertz CT molecular complexity index is 628. The molecule has 2 aliphatic heterocycles. The zero-order valence-corrected chi connectivity index (χ0v) is 15.5. The predicted molar refractivity (Wildman–Crippen MR) is 99.9 cm³/mol. The molecule has 1 aromatic heterocycles. The molecule has 5 heteroatoms. The van der Waals surface area contributed by atoms with E-state index in [1.807, 2.05) is 18.3 Å². The van der Waals surface area contributed by atoms with Gasteiger partial charge in [0.1, 0.15) is 5.82 Å². The zero-order valence-electron chi connectivity index (χ0n) is 15.5. The van der Waals surface area contributed by atoms with E-state index >= 15 is 0 Å². The van der Waals surface area contributed by atoms with E-state index in [1.54, 1.807) is 0 Å². The van der Waals surface area contributed by atoms with Crippen molar-refractivity contribution in [2.75, 3.05) is 38.6 Å². The Morgan fingerprint density at radius 1 is 1.20 bits per heavy atom. The predicted octanol–water partition coefficient (Wildman–Crippen LogP) is 2.63. The summed E-state index contributed by atoms with van der Waals surface area (Å²) in [7, 11) is 4.30. The molecule has 0 unspecified atom stereocenters. The highest BCUT2D eigenvalue weighted by Crippen LogP contribution is 2.33. The number of rotatable bonds is 3. The van der Waals surface area contributed by atoms with Gasteiger partial charge in [-0.3, -0.25) is 4.79 Å². The molecule has 0 bridgehead atoms. The van der Waals surface area contributed by atoms with E-state index in [9.17, 15) is 4.79 Å². The van der Waals surface area contributed by atoms with E-state index in [1.165, 1.54) is 45.1 Å². The quantitative estimate of drug-likeness (QED) is 0.847. The Morgan fingerprint density at radius 2 is 2.00 bits per heavy atom. The third kappa shape index (κ3) is 3.14. The lowest BCUT2D eigenvalue weighted by Crippen LogP contribution is -2.38. The molecule has 1 saturated carbocycles. The molecule has 0 spiro atoms. The van der Waals surface area contributed by atoms with Gasteiger partial charge in [0, 0.05) is 38.4 Å². The molecule has 4 rings (SSSR count). The Labute approximate surface area is 151 Å². The van der Waals surface area contributed by atoms with Crippen molar-refractivity contribution < 1.29 is 4.79 Å². The van der Waals surface area contributed by atoms with E-state index in [-0.39, 0.29) is 5.91 Å². The summed E-state index contributed by atoms with van der Waals surface area (Å²) in [5, 5.41) is 0. The Hall–Kier alpha value is -1.62. The number of pyridine rings is 1. The lowest BCUT2D eigenvalue weighted by atomic mass is 9.94. The number of fused-ring (bicyclic) bond motifs is 1. The van der Waals surface area contributed by atoms with Crippen molar-refractivity contribution >= 4 is 11.7 Å². The monoisotopic (exact) mass is 342 g/mol. The number of carbonyl (C=O) groups is 1. The highest BCUT2D eigenvalue weighted by atomic mass is 16.2. The van der Waals surface area contributed by atoms with Crippen LogP contribution in [0.4, 0.5) is 5.82 Å². The van der Waals surface area contributed by atoms with Gasteiger partial charge in [0.05, 0.1) is 5.56 Å². The Morgan fingerprint density at radius 3 is 2.76 bits per heavy atom. The second-order valence-electron chi connectivity index (χ2n) is 8.08. The van der Waals surface area contributed by atoms with Crippen LogP contribution < -0.4 is 4.90 Å². The first-order valence-electron chi connectivity index (χ1n) is 9.82. The number of amides is 1. The fourth-order valence-electron chi connectivity index (χ4n) is 4.99. The normalized spacial score (nSPS) is 27.5. The highest BCUT2D eigenvalue weighted by molar-refractivity contribution is 5.99. The number of hydrogen-bond donors (Lipinski definition) is 0. The Balaban J connectivity index is 1.53. The largest absolute Gasteiger partial charge is 0.356 e. The van der Waals surface area contributed by atoms with Crippen LogP contribution in [-0.4, -0.2) is 66.5 Å². The second kappa shape index (κ2) is 6.94. The SMILES string of the molecule is CN(c1ncccc1C(=O)N1C[C@H]2CCN(C)[C@H]2C1)C1CCCCC1. The molecule has 2 atom stereocenters. The molecule has 3 aliphatic rings. The van der Waals surface area contributed by atoms with Crippen LogP contribution in [0.2, 0.25) is 0 Å². The van der Waals surface area contributed by atoms with Crippen LogP contribution >= 0.6 is 0 Å². The van der Waals surface area contributed by atoms with Crippen LogP contribution in [0.3, 0.4) is 0 Å². The van der Waals surface area contributed by atoms with Gasteiger partial charge in [-0.05, 0) is 50.9 Å². The minimum absolute atomic E-state index is 0.161. The van der Waals surface area contributed by atoms with Gasteiger partial charge in [-0.1, -0.05) is 19.3 Å². The molecular formula is C20H30N4O. The summed E-state index contributed by atoms with van der Waals surface area (Å²) in [5.74, 6) is 1.67. The Kier molecular flexibility index (Phi) is 4.67. The van der Waals surface area contributed by atoms with Gasteiger partial charge in [-0.25, -0.2) is 4.98 Å². The van der Waals surface area contributed by atoms with Crippen molar-refractivity contribution in [3.05, 3.63) is 23.9 Å². The minimum atomic E-state index is 0.161. The van der Waals surface area contributed by atoms with Crippen molar-refractivity contribution in [2.45, 2.75) is 50.6 Å². The third-order valence-electron chi connectivity index (χ3n) is 6.59. The second-order valence-corrected chi connectivity index (χ2v) is 8.08. The zero-order chi connectivity index (χ0) is 17.4. The van der Waals surface area contributed by atoms with Gasteiger partial charge >= 0.3 is 0 Å². The first-order chi connectivity index (χ1) is 12.1. The molecule has 0 radical (unpaired) electrons. The molecule has 0 aromatic carbocycles. The highest BCUT2D eigenvalue weighted by Gasteiger charge is 2.41. The third-order valence-corrected chi connectivity index (χ3v) is 6.59. The van der Waals surface area contributed by atoms with Crippen LogP contribution in [0.1, 0.15) is 48.9 Å². The summed E-state index contributed by atoms with van der Waals surface area (Å²) in [5.41, 5.74) is 0.776. The number of likely N-dealkylation sites (N-methyl/N-ethyl adjacent to an activating group) is 1. The molecule has 5 nitrogen and oxygen atoms in total. The van der Waals surface area contributed by atoms with Gasteiger partial charge in [0.25, 0.3) is 5.91 Å². The molecule has 1 amide bonds. The fourth-order valence-corrected chi connectivity index (χ4v) is 4.99. The van der Waals surface area contributed by atoms with E-state index in [2.05, 4.69) is 33.8 Å². The van der Waals surface area contributed by atoms with Gasteiger partial charge in [0.15, 0.2) is 0 Å². The first-order valence-corrected chi connectivity index (χ1v) is 9.82. The van der Waals surface area contributed by atoms with Gasteiger partial charge in [-0.15, -0.1) is 0 Å². The van der Waals surface area contributed by atoms with Gasteiger partial charge in [0.2, 0.25) is 0 Å². The van der Waals surface area contributed by atoms with Crippen molar-refractivity contribution in [3.8, 4) is 0 Å². The van der Waals surface area contributed by atoms with Crippen molar-refractivity contribution in [1.82, 2.24) is 14.8 Å². The van der Waals surface area contributed by atoms with Crippen LogP contribution in [0.5, 0.6) is 0 Å². The van der Waals surface area contributed by atoms with Crippen LogP contribution in [-0.2, 0) is 0 Å². The molecule has 3 fully saturated rings. The van der Waals surface area contributed by atoms with Crippen LogP contribution in [0, 0.1) is 5.92 Å². The standard InChI is InChI=1S/C20H30N4O/c1-22-12-10-15-13-24(14-18(15)22)20(25)17-9-6-11-21-19(17)23(2)16-7-4-3-5-8-16/h6,9,11,15-16,18H,3-5,7-8,10,12-14H2,1-2H3/t15-,18+/m1/s1. The number of nitrogens with zero attached hydrogens (tertiary/aromatic N) is 4. The summed E-state index contributed by atoms with van der Waals surface area (Å²) >= 11 is 0. The fraction of sp³-hybridized carbons (Fsp3) is 0.700. The smallest absolute Gasteiger partial charge is 0.257 e. The number of hydrogen-bond acceptors (Lipinski definition) is 4. The lowest BCUT2D eigenvalue weighted by Gasteiger charge is -2.33. The van der Waals surface area contributed by atoms with Gasteiger partial charge in [-0.2, -0.15) is 0 Å². The van der Waals surface area contributed by atoms with Crippen LogP contribution in [0.15, 0.2) is 18.3 Å². The number of likely N-dealkylation sites (tertiary alicyclic amines) is 2. The average molecular weight is 342 g/mol. The minimum Gasteiger partial charge on any atom is -0.356 e. The summed E-state index contributed by atoms with van der Waals surface area (Å²) < 4.78 is 0. The summed E-state index contributed by atoms with van der Waals surface area (Å²) in [4.78, 5) is 24.6. The molecular weight excluding hydrogens is 312 g/mol. The number of carbonyl (C=O) groups excluding carboxylic acids is 1. The molecule has 3 heterocycles. The lowest BCUT2D eigenvalue weighted by molar-refractivity contribution is 0.0774. The maximum Gasteiger partial charge on any atom is 0.257 e. The summed E-state index contributed by atoms with van der Waals surface area (Å²) in [6, 6.07) is 4.91. The van der Waals surface area contributed by atoms with E-state index in [0.29, 0.717) is 18.0 Å². The van der Waals surface area contributed by atoms with Crippen molar-refractivity contribution in [1.29, 1.82) is 0 Å². The molecule has 1 aliphatic carbocycles. The van der Waals surface area contributed by atoms with Crippen molar-refractivity contribution in [3.63, 3.8) is 0 Å². The van der Waals surface area contributed by atoms with Crippen LogP contribution in [0.25, 0.3) is 0 Å². The molecule has 2 saturated heterocycles. The molecule has 1 aromatic rings. The average Bonchev–Trinajstić information content (AvgIpc) is 3.23. The van der Waals surface area contributed by atoms with E-state index in [4.69, 9.17) is 0 Å². The first kappa shape index (κ1) is 16.8. The van der Waals surface area contributed by atoms with Gasteiger partial charge < -0.3 is 14.7 Å². The summed E-state index contributed by atoms with van der Waals surface area (Å²) in [6.45, 7) is 2.93. The number of anilines is 1. The molecule has 25 heavy (non-hydrogen) atoms. The van der Waals surface area contributed by atoms with Crippen molar-refractivity contribution in [2.24, 2.45) is 5.92 Å². The molecule has 136 valence electrons. The summed E-state index contributed by atoms with van der Waals surface area (Å²) in [6.07, 6.45) is 9.35. The maximum atomic E-state index is 13.2.